The lowest BCUT2D eigenvalue weighted by atomic mass is 9.90. The van der Waals surface area contributed by atoms with Gasteiger partial charge in [0, 0.05) is 6.54 Å². The van der Waals surface area contributed by atoms with E-state index < -0.39 is 5.54 Å². The van der Waals surface area contributed by atoms with Crippen LogP contribution in [0, 0.1) is 23.2 Å². The number of nitrogens with zero attached hydrogens (tertiary/aromatic N) is 3. The highest BCUT2D eigenvalue weighted by Crippen LogP contribution is 2.20. The summed E-state index contributed by atoms with van der Waals surface area (Å²) in [5.41, 5.74) is -0.401. The fraction of sp³-hybridized carbons (Fsp3) is 0.500. The van der Waals surface area contributed by atoms with E-state index in [2.05, 4.69) is 16.4 Å². The minimum absolute atomic E-state index is 0.0191. The third-order valence-corrected chi connectivity index (χ3v) is 5.47. The number of nitriles is 1. The van der Waals surface area contributed by atoms with Crippen molar-refractivity contribution in [1.82, 2.24) is 14.9 Å². The maximum Gasteiger partial charge on any atom is 0.262 e. The van der Waals surface area contributed by atoms with Crippen molar-refractivity contribution in [1.29, 1.82) is 5.26 Å². The number of para-hydroxylation sites is 1. The minimum Gasteiger partial charge on any atom is -0.337 e. The van der Waals surface area contributed by atoms with Gasteiger partial charge in [-0.15, -0.1) is 0 Å². The second kappa shape index (κ2) is 8.57. The van der Waals surface area contributed by atoms with Crippen molar-refractivity contribution in [2.45, 2.75) is 51.9 Å². The summed E-state index contributed by atoms with van der Waals surface area (Å²) in [5.74, 6) is 0.0830. The van der Waals surface area contributed by atoms with E-state index in [0.717, 1.165) is 0 Å². The van der Waals surface area contributed by atoms with Crippen molar-refractivity contribution in [3.8, 4) is 6.07 Å². The van der Waals surface area contributed by atoms with Gasteiger partial charge in [0.05, 0.1) is 22.7 Å². The molecular weight excluding hydrogens is 360 g/mol. The molecule has 0 aliphatic carbocycles. The lowest BCUT2D eigenvalue weighted by Crippen LogP contribution is -2.49. The Morgan fingerprint density at radius 2 is 2.00 bits per heavy atom. The van der Waals surface area contributed by atoms with E-state index in [9.17, 15) is 14.9 Å². The van der Waals surface area contributed by atoms with Crippen LogP contribution < -0.4 is 10.9 Å². The molecular formula is C20H26N4O2S. The predicted octanol–water partition coefficient (Wildman–Crippen LogP) is 3.20. The Balaban J connectivity index is 2.29. The molecule has 0 radical (unpaired) electrons. The van der Waals surface area contributed by atoms with Crippen molar-refractivity contribution >= 4 is 28.6 Å². The van der Waals surface area contributed by atoms with E-state index in [1.807, 2.05) is 39.8 Å². The molecule has 1 aromatic heterocycles. The first-order chi connectivity index (χ1) is 12.7. The van der Waals surface area contributed by atoms with Crippen molar-refractivity contribution < 1.29 is 4.79 Å². The number of benzene rings is 1. The standard InChI is InChI=1S/C20H26N4O2S/c1-13(2)10-24-18(26)15-8-6-7-9-16(15)22-19(24)27-11-17(25)23-20(5,12-21)14(3)4/h6-9,13-14H,10-11H2,1-5H3,(H,23,25). The molecule has 1 amide bonds. The first kappa shape index (κ1) is 21.0. The zero-order chi connectivity index (χ0) is 20.2. The van der Waals surface area contributed by atoms with Crippen molar-refractivity contribution in [3.05, 3.63) is 34.6 Å². The largest absolute Gasteiger partial charge is 0.337 e. The second-order valence-electron chi connectivity index (χ2n) is 7.53. The summed E-state index contributed by atoms with van der Waals surface area (Å²) in [7, 11) is 0. The number of hydrogen-bond donors (Lipinski definition) is 1. The lowest BCUT2D eigenvalue weighted by Gasteiger charge is -2.27. The zero-order valence-corrected chi connectivity index (χ0v) is 17.3. The Kier molecular flexibility index (Phi) is 6.66. The van der Waals surface area contributed by atoms with Crippen LogP contribution in [0.5, 0.6) is 0 Å². The minimum atomic E-state index is -0.925. The van der Waals surface area contributed by atoms with Gasteiger partial charge in [0.2, 0.25) is 5.91 Å². The summed E-state index contributed by atoms with van der Waals surface area (Å²) in [5, 5.41) is 13.2. The van der Waals surface area contributed by atoms with Gasteiger partial charge in [-0.3, -0.25) is 14.2 Å². The number of rotatable bonds is 7. The first-order valence-corrected chi connectivity index (χ1v) is 10.0. The molecule has 0 spiro atoms. The van der Waals surface area contributed by atoms with E-state index in [1.165, 1.54) is 11.8 Å². The first-order valence-electron chi connectivity index (χ1n) is 9.02. The summed E-state index contributed by atoms with van der Waals surface area (Å²) >= 11 is 1.22. The van der Waals surface area contributed by atoms with Gasteiger partial charge < -0.3 is 5.32 Å². The van der Waals surface area contributed by atoms with Crippen molar-refractivity contribution in [2.24, 2.45) is 11.8 Å². The third kappa shape index (κ3) is 4.89. The number of carbonyl (C=O) groups excluding carboxylic acids is 1. The van der Waals surface area contributed by atoms with Crippen LogP contribution in [0.4, 0.5) is 0 Å². The molecule has 7 heteroatoms. The summed E-state index contributed by atoms with van der Waals surface area (Å²) < 4.78 is 1.64. The number of carbonyl (C=O) groups is 1. The molecule has 1 unspecified atom stereocenters. The molecule has 6 nitrogen and oxygen atoms in total. The molecule has 1 N–H and O–H groups in total. The number of aromatic nitrogens is 2. The van der Waals surface area contributed by atoms with E-state index in [0.29, 0.717) is 22.6 Å². The Bertz CT molecular complexity index is 930. The molecule has 0 fully saturated rings. The summed E-state index contributed by atoms with van der Waals surface area (Å²) in [6, 6.07) is 9.39. The maximum atomic E-state index is 12.9. The average Bonchev–Trinajstić information content (AvgIpc) is 2.62. The molecule has 0 saturated heterocycles. The fourth-order valence-electron chi connectivity index (χ4n) is 2.54. The quantitative estimate of drug-likeness (QED) is 0.583. The topological polar surface area (TPSA) is 87.8 Å². The van der Waals surface area contributed by atoms with Gasteiger partial charge in [-0.05, 0) is 30.9 Å². The normalized spacial score (nSPS) is 13.6. The van der Waals surface area contributed by atoms with Gasteiger partial charge in [-0.25, -0.2) is 4.98 Å². The molecule has 0 aliphatic rings. The molecule has 2 aromatic rings. The van der Waals surface area contributed by atoms with Gasteiger partial charge in [0.1, 0.15) is 5.54 Å². The Morgan fingerprint density at radius 3 is 2.59 bits per heavy atom. The summed E-state index contributed by atoms with van der Waals surface area (Å²) in [4.78, 5) is 29.8. The van der Waals surface area contributed by atoms with Gasteiger partial charge in [-0.2, -0.15) is 5.26 Å². The van der Waals surface area contributed by atoms with E-state index in [4.69, 9.17) is 0 Å². The molecule has 0 bridgehead atoms. The molecule has 2 rings (SSSR count). The SMILES string of the molecule is CC(C)Cn1c(SCC(=O)NC(C)(C#N)C(C)C)nc2ccccc2c1=O. The number of hydrogen-bond acceptors (Lipinski definition) is 5. The van der Waals surface area contributed by atoms with Crippen LogP contribution >= 0.6 is 11.8 Å². The molecule has 1 heterocycles. The zero-order valence-electron chi connectivity index (χ0n) is 16.4. The number of amides is 1. The van der Waals surface area contributed by atoms with Gasteiger partial charge >= 0.3 is 0 Å². The molecule has 0 aliphatic heterocycles. The maximum absolute atomic E-state index is 12.9. The highest BCUT2D eigenvalue weighted by molar-refractivity contribution is 7.99. The van der Waals surface area contributed by atoms with E-state index in [1.54, 1.807) is 23.6 Å². The molecule has 1 aromatic carbocycles. The van der Waals surface area contributed by atoms with Gasteiger partial charge in [0.25, 0.3) is 5.56 Å². The number of nitrogens with one attached hydrogen (secondary N) is 1. The number of thioether (sulfide) groups is 1. The fourth-order valence-corrected chi connectivity index (χ4v) is 3.35. The highest BCUT2D eigenvalue weighted by atomic mass is 32.2. The predicted molar refractivity (Wildman–Crippen MR) is 109 cm³/mol. The Labute approximate surface area is 164 Å². The van der Waals surface area contributed by atoms with Crippen LogP contribution in [0.15, 0.2) is 34.2 Å². The van der Waals surface area contributed by atoms with E-state index >= 15 is 0 Å². The van der Waals surface area contributed by atoms with Crippen LogP contribution in [0.25, 0.3) is 10.9 Å². The van der Waals surface area contributed by atoms with E-state index in [-0.39, 0.29) is 29.1 Å². The average molecular weight is 387 g/mol. The van der Waals surface area contributed by atoms with Crippen LogP contribution in [0.3, 0.4) is 0 Å². The lowest BCUT2D eigenvalue weighted by molar-refractivity contribution is -0.120. The molecule has 0 saturated carbocycles. The second-order valence-corrected chi connectivity index (χ2v) is 8.47. The van der Waals surface area contributed by atoms with Gasteiger partial charge in [0.15, 0.2) is 5.16 Å². The van der Waals surface area contributed by atoms with Crippen molar-refractivity contribution in [3.63, 3.8) is 0 Å². The number of fused-ring (bicyclic) bond motifs is 1. The Hall–Kier alpha value is -2.33. The molecule has 1 atom stereocenters. The van der Waals surface area contributed by atoms with Crippen LogP contribution in [-0.2, 0) is 11.3 Å². The van der Waals surface area contributed by atoms with Gasteiger partial charge in [-0.1, -0.05) is 51.6 Å². The summed E-state index contributed by atoms with van der Waals surface area (Å²) in [6.07, 6.45) is 0. The highest BCUT2D eigenvalue weighted by Gasteiger charge is 2.30. The molecule has 27 heavy (non-hydrogen) atoms. The van der Waals surface area contributed by atoms with Crippen molar-refractivity contribution in [2.75, 3.05) is 5.75 Å². The van der Waals surface area contributed by atoms with Crippen LogP contribution in [-0.4, -0.2) is 26.8 Å². The van der Waals surface area contributed by atoms with Crippen LogP contribution in [0.2, 0.25) is 0 Å². The monoisotopic (exact) mass is 386 g/mol. The third-order valence-electron chi connectivity index (χ3n) is 4.49. The molecule has 144 valence electrons. The summed E-state index contributed by atoms with van der Waals surface area (Å²) in [6.45, 7) is 10.1. The Morgan fingerprint density at radius 1 is 1.33 bits per heavy atom. The smallest absolute Gasteiger partial charge is 0.262 e. The van der Waals surface area contributed by atoms with Crippen LogP contribution in [0.1, 0.15) is 34.6 Å².